The number of fused-ring (bicyclic) bond motifs is 1. The Kier molecular flexibility index (Phi) is 3.71. The molecule has 0 amide bonds. The monoisotopic (exact) mass is 286 g/mol. The van der Waals surface area contributed by atoms with Crippen LogP contribution in [0, 0.1) is 4.64 Å². The molecule has 0 saturated carbocycles. The highest BCUT2D eigenvalue weighted by Gasteiger charge is 2.04. The fourth-order valence-electron chi connectivity index (χ4n) is 2.13. The molecule has 0 unspecified atom stereocenters. The molecule has 3 aromatic rings. The number of hydrogen-bond donors (Lipinski definition) is 0. The van der Waals surface area contributed by atoms with Gasteiger partial charge in [0.1, 0.15) is 9.47 Å². The first-order chi connectivity index (χ1) is 9.34. The summed E-state index contributed by atoms with van der Waals surface area (Å²) in [5.74, 6) is 0. The SMILES string of the molecule is S=c1c2cccnc2sn1CCCc1ccccc1. The summed E-state index contributed by atoms with van der Waals surface area (Å²) in [5, 5.41) is 1.10. The Balaban J connectivity index is 1.72. The van der Waals surface area contributed by atoms with Crippen molar-refractivity contribution in [2.45, 2.75) is 19.4 Å². The normalized spacial score (nSPS) is 10.9. The topological polar surface area (TPSA) is 17.8 Å². The highest BCUT2D eigenvalue weighted by Crippen LogP contribution is 2.21. The van der Waals surface area contributed by atoms with Gasteiger partial charge >= 0.3 is 0 Å². The number of aromatic nitrogens is 2. The minimum atomic E-state index is 0.918. The van der Waals surface area contributed by atoms with Gasteiger partial charge in [-0.15, -0.1) is 0 Å². The molecule has 2 heterocycles. The molecule has 0 aliphatic rings. The fraction of sp³-hybridized carbons (Fsp3) is 0.200. The Morgan fingerprint density at radius 3 is 2.74 bits per heavy atom. The van der Waals surface area contributed by atoms with Crippen LogP contribution in [-0.2, 0) is 13.0 Å². The van der Waals surface area contributed by atoms with Crippen LogP contribution in [-0.4, -0.2) is 8.94 Å². The predicted molar refractivity (Wildman–Crippen MR) is 83.2 cm³/mol. The third-order valence-electron chi connectivity index (χ3n) is 3.09. The molecule has 19 heavy (non-hydrogen) atoms. The number of aryl methyl sites for hydroxylation is 2. The highest BCUT2D eigenvalue weighted by atomic mass is 32.1. The maximum absolute atomic E-state index is 5.49. The van der Waals surface area contributed by atoms with Crippen LogP contribution in [0.2, 0.25) is 0 Å². The second-order valence-corrected chi connectivity index (χ2v) is 5.84. The molecule has 0 atom stereocenters. The Morgan fingerprint density at radius 1 is 1.11 bits per heavy atom. The van der Waals surface area contributed by atoms with Crippen molar-refractivity contribution in [2.75, 3.05) is 0 Å². The molecule has 1 aromatic carbocycles. The number of hydrogen-bond acceptors (Lipinski definition) is 3. The van der Waals surface area contributed by atoms with Crippen molar-refractivity contribution in [1.29, 1.82) is 0 Å². The molecule has 2 nitrogen and oxygen atoms in total. The summed E-state index contributed by atoms with van der Waals surface area (Å²) < 4.78 is 3.09. The highest BCUT2D eigenvalue weighted by molar-refractivity contribution is 7.71. The first-order valence-electron chi connectivity index (χ1n) is 6.33. The van der Waals surface area contributed by atoms with Gasteiger partial charge in [-0.1, -0.05) is 42.5 Å². The van der Waals surface area contributed by atoms with Crippen molar-refractivity contribution in [3.8, 4) is 0 Å². The lowest BCUT2D eigenvalue weighted by molar-refractivity contribution is 0.680. The van der Waals surface area contributed by atoms with Crippen molar-refractivity contribution in [1.82, 2.24) is 8.94 Å². The minimum absolute atomic E-state index is 0.918. The van der Waals surface area contributed by atoms with Crippen LogP contribution >= 0.6 is 23.8 Å². The lowest BCUT2D eigenvalue weighted by Gasteiger charge is -2.02. The quantitative estimate of drug-likeness (QED) is 0.659. The van der Waals surface area contributed by atoms with Gasteiger partial charge in [0.15, 0.2) is 0 Å². The molecular weight excluding hydrogens is 272 g/mol. The maximum atomic E-state index is 5.49. The van der Waals surface area contributed by atoms with E-state index in [1.807, 2.05) is 12.3 Å². The Morgan fingerprint density at radius 2 is 1.95 bits per heavy atom. The smallest absolute Gasteiger partial charge is 0.142 e. The molecule has 3 rings (SSSR count). The number of pyridine rings is 1. The Hall–Kier alpha value is -1.52. The molecule has 0 radical (unpaired) electrons. The van der Waals surface area contributed by atoms with Crippen LogP contribution in [0.3, 0.4) is 0 Å². The molecule has 0 aliphatic carbocycles. The molecule has 0 N–H and O–H groups in total. The zero-order valence-corrected chi connectivity index (χ0v) is 12.1. The largest absolute Gasteiger partial charge is 0.286 e. The summed E-state index contributed by atoms with van der Waals surface area (Å²) in [6, 6.07) is 14.6. The minimum Gasteiger partial charge on any atom is -0.286 e. The molecule has 96 valence electrons. The van der Waals surface area contributed by atoms with Gasteiger partial charge in [0.25, 0.3) is 0 Å². The van der Waals surface area contributed by atoms with Gasteiger partial charge in [0.05, 0.1) is 0 Å². The van der Waals surface area contributed by atoms with E-state index in [-0.39, 0.29) is 0 Å². The van der Waals surface area contributed by atoms with Crippen LogP contribution in [0.1, 0.15) is 12.0 Å². The summed E-state index contributed by atoms with van der Waals surface area (Å²) in [6.07, 6.45) is 4.01. The van der Waals surface area contributed by atoms with E-state index < -0.39 is 0 Å². The first kappa shape index (κ1) is 12.5. The van der Waals surface area contributed by atoms with Gasteiger partial charge in [-0.2, -0.15) is 0 Å². The molecule has 0 spiro atoms. The lowest BCUT2D eigenvalue weighted by Crippen LogP contribution is -1.96. The molecular formula is C15H14N2S2. The van der Waals surface area contributed by atoms with Crippen LogP contribution in [0.5, 0.6) is 0 Å². The van der Waals surface area contributed by atoms with Crippen molar-refractivity contribution < 1.29 is 0 Å². The second kappa shape index (κ2) is 5.63. The van der Waals surface area contributed by atoms with Crippen molar-refractivity contribution in [3.63, 3.8) is 0 Å². The van der Waals surface area contributed by atoms with Crippen LogP contribution in [0.4, 0.5) is 0 Å². The fourth-order valence-corrected chi connectivity index (χ4v) is 3.54. The predicted octanol–water partition coefficient (Wildman–Crippen LogP) is 4.46. The van der Waals surface area contributed by atoms with Gasteiger partial charge in [-0.25, -0.2) is 4.98 Å². The van der Waals surface area contributed by atoms with Crippen LogP contribution in [0.15, 0.2) is 48.7 Å². The summed E-state index contributed by atoms with van der Waals surface area (Å²) >= 11 is 7.15. The average Bonchev–Trinajstić information content (AvgIpc) is 2.78. The standard InChI is InChI=1S/C15H14N2S2/c18-15-13-9-4-10-16-14(13)19-17(15)11-5-8-12-6-2-1-3-7-12/h1-4,6-7,9-10H,5,8,11H2. The van der Waals surface area contributed by atoms with E-state index in [9.17, 15) is 0 Å². The van der Waals surface area contributed by atoms with E-state index >= 15 is 0 Å². The summed E-state index contributed by atoms with van der Waals surface area (Å²) in [7, 11) is 0. The van der Waals surface area contributed by atoms with E-state index in [2.05, 4.69) is 45.3 Å². The number of benzene rings is 1. The van der Waals surface area contributed by atoms with Gasteiger partial charge in [-0.3, -0.25) is 3.96 Å². The van der Waals surface area contributed by atoms with Crippen LogP contribution in [0.25, 0.3) is 10.2 Å². The molecule has 0 aliphatic heterocycles. The third kappa shape index (κ3) is 2.74. The zero-order chi connectivity index (χ0) is 13.1. The lowest BCUT2D eigenvalue weighted by atomic mass is 10.1. The van der Waals surface area contributed by atoms with Crippen molar-refractivity contribution in [2.24, 2.45) is 0 Å². The number of rotatable bonds is 4. The van der Waals surface area contributed by atoms with E-state index in [0.29, 0.717) is 0 Å². The average molecular weight is 286 g/mol. The van der Waals surface area contributed by atoms with Gasteiger partial charge < -0.3 is 0 Å². The van der Waals surface area contributed by atoms with E-state index in [1.165, 1.54) is 5.56 Å². The van der Waals surface area contributed by atoms with E-state index in [0.717, 1.165) is 34.2 Å². The summed E-state index contributed by atoms with van der Waals surface area (Å²) in [5.41, 5.74) is 1.38. The molecule has 0 fully saturated rings. The number of nitrogens with zero attached hydrogens (tertiary/aromatic N) is 2. The second-order valence-electron chi connectivity index (χ2n) is 4.44. The first-order valence-corrected chi connectivity index (χ1v) is 7.51. The van der Waals surface area contributed by atoms with Gasteiger partial charge in [-0.05, 0) is 42.1 Å². The molecule has 4 heteroatoms. The molecule has 0 bridgehead atoms. The van der Waals surface area contributed by atoms with Gasteiger partial charge in [0, 0.05) is 18.1 Å². The van der Waals surface area contributed by atoms with Crippen LogP contribution < -0.4 is 0 Å². The van der Waals surface area contributed by atoms with Gasteiger partial charge in [0.2, 0.25) is 0 Å². The molecule has 2 aromatic heterocycles. The summed E-state index contributed by atoms with van der Waals surface area (Å²) in [4.78, 5) is 5.39. The zero-order valence-electron chi connectivity index (χ0n) is 10.5. The van der Waals surface area contributed by atoms with E-state index in [1.54, 1.807) is 11.5 Å². The van der Waals surface area contributed by atoms with E-state index in [4.69, 9.17) is 12.2 Å². The van der Waals surface area contributed by atoms with Crippen molar-refractivity contribution >= 4 is 34.0 Å². The summed E-state index contributed by atoms with van der Waals surface area (Å²) in [6.45, 7) is 0.967. The Bertz CT molecular complexity index is 728. The third-order valence-corrected chi connectivity index (χ3v) is 4.73. The maximum Gasteiger partial charge on any atom is 0.142 e. The Labute approximate surface area is 121 Å². The van der Waals surface area contributed by atoms with Crippen molar-refractivity contribution in [3.05, 3.63) is 58.9 Å². The molecule has 0 saturated heterocycles.